The van der Waals surface area contributed by atoms with Gasteiger partial charge in [-0.1, -0.05) is 0 Å². The molecule has 4 aromatic rings. The molecule has 33 heavy (non-hydrogen) atoms. The first-order valence-electron chi connectivity index (χ1n) is 11.0. The second-order valence-corrected chi connectivity index (χ2v) is 11.0. The third kappa shape index (κ3) is 7.76. The molecule has 0 radical (unpaired) electrons. The Labute approximate surface area is 201 Å². The van der Waals surface area contributed by atoms with E-state index in [4.69, 9.17) is 13.3 Å². The van der Waals surface area contributed by atoms with Crippen LogP contribution >= 0.6 is 0 Å². The van der Waals surface area contributed by atoms with Crippen molar-refractivity contribution in [1.82, 2.24) is 0 Å². The van der Waals surface area contributed by atoms with E-state index in [1.54, 1.807) is 0 Å². The van der Waals surface area contributed by atoms with Crippen molar-refractivity contribution >= 4 is 0 Å². The number of hydrogen-bond donors (Lipinski definition) is 0. The van der Waals surface area contributed by atoms with Gasteiger partial charge < -0.3 is 0 Å². The van der Waals surface area contributed by atoms with Gasteiger partial charge in [0.1, 0.15) is 0 Å². The third-order valence-electron chi connectivity index (χ3n) is 5.03. The summed E-state index contributed by atoms with van der Waals surface area (Å²) in [5.74, 6) is 0. The molecule has 5 heteroatoms. The standard InChI is InChI=1S/4C7H7O.Ti/c4*8-6-7-4-2-1-3-5-7;/h4*1-5H,6H2;/q4*-1;+4. The molecule has 0 N–H and O–H groups in total. The fraction of sp³-hybridized carbons (Fsp3) is 0.143. The molecule has 0 heterocycles. The molecule has 0 unspecified atom stereocenters. The Morgan fingerprint density at radius 1 is 0.333 bits per heavy atom. The van der Waals surface area contributed by atoms with Crippen molar-refractivity contribution in [1.29, 1.82) is 0 Å². The Balaban J connectivity index is 1.56. The topological polar surface area (TPSA) is 36.9 Å². The summed E-state index contributed by atoms with van der Waals surface area (Å²) in [7, 11) is 0. The van der Waals surface area contributed by atoms with Crippen LogP contribution in [-0.2, 0) is 57.8 Å². The van der Waals surface area contributed by atoms with E-state index in [2.05, 4.69) is 0 Å². The van der Waals surface area contributed by atoms with E-state index in [0.717, 1.165) is 22.3 Å². The van der Waals surface area contributed by atoms with Crippen LogP contribution < -0.4 is 0 Å². The van der Waals surface area contributed by atoms with Gasteiger partial charge in [-0.3, -0.25) is 0 Å². The number of benzene rings is 4. The third-order valence-corrected chi connectivity index (χ3v) is 8.14. The molecule has 0 fully saturated rings. The summed E-state index contributed by atoms with van der Waals surface area (Å²) in [6.45, 7) is 1.44. The van der Waals surface area contributed by atoms with Crippen LogP contribution in [0, 0.1) is 0 Å². The van der Waals surface area contributed by atoms with E-state index in [1.165, 1.54) is 0 Å². The molecular formula is C28H28O4Ti. The van der Waals surface area contributed by atoms with Gasteiger partial charge in [-0.15, -0.1) is 0 Å². The molecule has 168 valence electrons. The monoisotopic (exact) mass is 476 g/mol. The van der Waals surface area contributed by atoms with Crippen LogP contribution in [0.3, 0.4) is 0 Å². The van der Waals surface area contributed by atoms with Crippen LogP contribution in [0.15, 0.2) is 121 Å². The second-order valence-electron chi connectivity index (χ2n) is 7.60. The van der Waals surface area contributed by atoms with Gasteiger partial charge in [-0.25, -0.2) is 0 Å². The fourth-order valence-corrected chi connectivity index (χ4v) is 6.16. The SMILES string of the molecule is c1ccc(C[O][Ti]([O]Cc2ccccc2)([O]Cc2ccccc2)[O]Cc2ccccc2)cc1. The second kappa shape index (κ2) is 12.6. The zero-order chi connectivity index (χ0) is 22.6. The van der Waals surface area contributed by atoms with Crippen LogP contribution in [0.2, 0.25) is 0 Å². The van der Waals surface area contributed by atoms with Gasteiger partial charge in [0.25, 0.3) is 0 Å². The Morgan fingerprint density at radius 2 is 0.545 bits per heavy atom. The van der Waals surface area contributed by atoms with E-state index < -0.39 is 18.1 Å². The first kappa shape index (κ1) is 23.6. The first-order chi connectivity index (χ1) is 16.3. The summed E-state index contributed by atoms with van der Waals surface area (Å²) in [4.78, 5) is 0. The maximum atomic E-state index is 6.40. The van der Waals surface area contributed by atoms with E-state index in [0.29, 0.717) is 26.4 Å². The Bertz CT molecular complexity index is 881. The molecule has 4 nitrogen and oxygen atoms in total. The quantitative estimate of drug-likeness (QED) is 0.214. The van der Waals surface area contributed by atoms with Gasteiger partial charge in [0.15, 0.2) is 0 Å². The van der Waals surface area contributed by atoms with Crippen LogP contribution in [-0.4, -0.2) is 0 Å². The molecule has 0 aromatic heterocycles. The van der Waals surface area contributed by atoms with Gasteiger partial charge in [-0.2, -0.15) is 0 Å². The van der Waals surface area contributed by atoms with Gasteiger partial charge in [0.05, 0.1) is 0 Å². The number of rotatable bonds is 12. The van der Waals surface area contributed by atoms with E-state index in [1.807, 2.05) is 121 Å². The predicted octanol–water partition coefficient (Wildman–Crippen LogP) is 6.67. The van der Waals surface area contributed by atoms with Crippen molar-refractivity contribution < 1.29 is 31.4 Å². The fourth-order valence-electron chi connectivity index (χ4n) is 3.23. The van der Waals surface area contributed by atoms with Crippen molar-refractivity contribution in [3.05, 3.63) is 144 Å². The molecule has 4 rings (SSSR count). The molecule has 0 aliphatic heterocycles. The molecule has 0 spiro atoms. The molecular weight excluding hydrogens is 448 g/mol. The van der Waals surface area contributed by atoms with E-state index in [9.17, 15) is 0 Å². The van der Waals surface area contributed by atoms with Gasteiger partial charge in [0, 0.05) is 0 Å². The van der Waals surface area contributed by atoms with Crippen LogP contribution in [0.1, 0.15) is 22.3 Å². The zero-order valence-corrected chi connectivity index (χ0v) is 20.1. The Hall–Kier alpha value is -2.57. The normalized spacial score (nSPS) is 11.4. The maximum absolute atomic E-state index is 6.40. The summed E-state index contributed by atoms with van der Waals surface area (Å²) < 4.78 is 25.6. The average Bonchev–Trinajstić information content (AvgIpc) is 2.90. The van der Waals surface area contributed by atoms with Gasteiger partial charge >= 0.3 is 201 Å². The summed E-state index contributed by atoms with van der Waals surface area (Å²) in [5.41, 5.74) is 4.18. The van der Waals surface area contributed by atoms with E-state index >= 15 is 0 Å². The van der Waals surface area contributed by atoms with Crippen molar-refractivity contribution in [2.75, 3.05) is 0 Å². The summed E-state index contributed by atoms with van der Waals surface area (Å²) in [6.07, 6.45) is 0. The van der Waals surface area contributed by atoms with Crippen LogP contribution in [0.4, 0.5) is 0 Å². The molecule has 0 bridgehead atoms. The van der Waals surface area contributed by atoms with Crippen molar-refractivity contribution in [3.63, 3.8) is 0 Å². The summed E-state index contributed by atoms with van der Waals surface area (Å²) in [5, 5.41) is 0. The predicted molar refractivity (Wildman–Crippen MR) is 125 cm³/mol. The van der Waals surface area contributed by atoms with Gasteiger partial charge in [-0.05, 0) is 0 Å². The first-order valence-corrected chi connectivity index (χ1v) is 13.6. The van der Waals surface area contributed by atoms with Crippen molar-refractivity contribution in [3.8, 4) is 0 Å². The minimum atomic E-state index is -4.17. The van der Waals surface area contributed by atoms with Crippen LogP contribution in [0.25, 0.3) is 0 Å². The van der Waals surface area contributed by atoms with Crippen molar-refractivity contribution in [2.45, 2.75) is 26.4 Å². The van der Waals surface area contributed by atoms with E-state index in [-0.39, 0.29) is 0 Å². The van der Waals surface area contributed by atoms with Crippen LogP contribution in [0.5, 0.6) is 0 Å². The van der Waals surface area contributed by atoms with Gasteiger partial charge in [0.2, 0.25) is 0 Å². The molecule has 4 aromatic carbocycles. The summed E-state index contributed by atoms with van der Waals surface area (Å²) in [6, 6.07) is 40.1. The molecule has 0 amide bonds. The minimum absolute atomic E-state index is 0.360. The molecule has 0 saturated heterocycles. The zero-order valence-electron chi connectivity index (χ0n) is 18.5. The summed E-state index contributed by atoms with van der Waals surface area (Å²) >= 11 is -4.17. The molecule has 0 aliphatic carbocycles. The Morgan fingerprint density at radius 3 is 0.758 bits per heavy atom. The molecule has 0 aliphatic rings. The molecule has 0 atom stereocenters. The Kier molecular flexibility index (Phi) is 9.02. The number of hydrogen-bond acceptors (Lipinski definition) is 4. The van der Waals surface area contributed by atoms with Crippen molar-refractivity contribution in [2.24, 2.45) is 0 Å². The molecule has 0 saturated carbocycles. The average molecular weight is 476 g/mol.